The van der Waals surface area contributed by atoms with E-state index in [9.17, 15) is 4.79 Å². The van der Waals surface area contributed by atoms with Crippen molar-refractivity contribution >= 4 is 6.09 Å². The van der Waals surface area contributed by atoms with E-state index in [0.29, 0.717) is 31.8 Å². The highest BCUT2D eigenvalue weighted by Crippen LogP contribution is 2.18. The van der Waals surface area contributed by atoms with Crippen molar-refractivity contribution in [3.05, 3.63) is 0 Å². The van der Waals surface area contributed by atoms with Crippen LogP contribution in [0.3, 0.4) is 0 Å². The minimum Gasteiger partial charge on any atom is -0.444 e. The van der Waals surface area contributed by atoms with Crippen molar-refractivity contribution in [1.29, 1.82) is 0 Å². The molecule has 6 heteroatoms. The van der Waals surface area contributed by atoms with Gasteiger partial charge < -0.3 is 20.5 Å². The lowest BCUT2D eigenvalue weighted by molar-refractivity contribution is -0.0327. The Hall–Kier alpha value is -0.850. The Morgan fingerprint density at radius 1 is 1.45 bits per heavy atom. The number of morpholine rings is 1. The maximum atomic E-state index is 12.2. The first-order valence-electron chi connectivity index (χ1n) is 7.41. The van der Waals surface area contributed by atoms with Crippen LogP contribution >= 0.6 is 0 Å². The van der Waals surface area contributed by atoms with Gasteiger partial charge in [-0.2, -0.15) is 0 Å². The molecule has 2 rings (SSSR count). The van der Waals surface area contributed by atoms with E-state index in [0.717, 1.165) is 19.4 Å². The molecule has 116 valence electrons. The Morgan fingerprint density at radius 3 is 2.75 bits per heavy atom. The predicted octanol–water partition coefficient (Wildman–Crippen LogP) is 0.702. The summed E-state index contributed by atoms with van der Waals surface area (Å²) in [6, 6.07) is 0.847. The van der Waals surface area contributed by atoms with Crippen molar-refractivity contribution in [2.24, 2.45) is 5.73 Å². The number of rotatable bonds is 3. The van der Waals surface area contributed by atoms with Crippen LogP contribution < -0.4 is 11.1 Å². The summed E-state index contributed by atoms with van der Waals surface area (Å²) in [4.78, 5) is 14.0. The van der Waals surface area contributed by atoms with E-state index >= 15 is 0 Å². The van der Waals surface area contributed by atoms with Gasteiger partial charge in [0.15, 0.2) is 0 Å². The zero-order chi connectivity index (χ0) is 14.8. The van der Waals surface area contributed by atoms with Gasteiger partial charge in [-0.15, -0.1) is 0 Å². The van der Waals surface area contributed by atoms with Gasteiger partial charge in [0.2, 0.25) is 0 Å². The Balaban J connectivity index is 1.83. The molecule has 3 N–H and O–H groups in total. The Labute approximate surface area is 121 Å². The maximum absolute atomic E-state index is 12.2. The minimum atomic E-state index is -0.464. The molecule has 0 aromatic rings. The molecule has 1 atom stereocenters. The van der Waals surface area contributed by atoms with Gasteiger partial charge >= 0.3 is 6.09 Å². The van der Waals surface area contributed by atoms with E-state index in [1.165, 1.54) is 0 Å². The zero-order valence-corrected chi connectivity index (χ0v) is 12.7. The van der Waals surface area contributed by atoms with Crippen LogP contribution in [-0.4, -0.2) is 61.0 Å². The van der Waals surface area contributed by atoms with E-state index in [2.05, 4.69) is 5.32 Å². The summed E-state index contributed by atoms with van der Waals surface area (Å²) in [6.45, 7) is 8.11. The van der Waals surface area contributed by atoms with E-state index in [-0.39, 0.29) is 12.1 Å². The molecule has 0 aromatic carbocycles. The molecule has 1 heterocycles. The largest absolute Gasteiger partial charge is 0.444 e. The first-order valence-corrected chi connectivity index (χ1v) is 7.41. The number of hydrogen-bond donors (Lipinski definition) is 2. The highest BCUT2D eigenvalue weighted by Gasteiger charge is 2.32. The summed E-state index contributed by atoms with van der Waals surface area (Å²) in [5, 5.41) is 3.46. The van der Waals surface area contributed by atoms with E-state index < -0.39 is 5.60 Å². The fourth-order valence-electron chi connectivity index (χ4n) is 2.52. The van der Waals surface area contributed by atoms with Crippen molar-refractivity contribution in [3.8, 4) is 0 Å². The van der Waals surface area contributed by atoms with Gasteiger partial charge in [0.25, 0.3) is 0 Å². The van der Waals surface area contributed by atoms with Crippen molar-refractivity contribution in [2.75, 3.05) is 26.3 Å². The summed E-state index contributed by atoms with van der Waals surface area (Å²) >= 11 is 0. The van der Waals surface area contributed by atoms with Gasteiger partial charge in [-0.1, -0.05) is 0 Å². The average Bonchev–Trinajstić information content (AvgIpc) is 2.31. The SMILES string of the molecule is CC(C)(C)OC(=O)N1CCOCC1CNC1CC(N)C1. The van der Waals surface area contributed by atoms with Crippen LogP contribution in [-0.2, 0) is 9.47 Å². The molecule has 6 nitrogen and oxygen atoms in total. The lowest BCUT2D eigenvalue weighted by Gasteiger charge is -2.39. The second-order valence-corrected chi connectivity index (χ2v) is 6.74. The number of carbonyl (C=O) groups excluding carboxylic acids is 1. The van der Waals surface area contributed by atoms with Gasteiger partial charge in [-0.05, 0) is 33.6 Å². The standard InChI is InChI=1S/C14H27N3O3/c1-14(2,3)20-13(18)17-4-5-19-9-12(17)8-16-11-6-10(15)7-11/h10-12,16H,4-9,15H2,1-3H3. The number of nitrogens with one attached hydrogen (secondary N) is 1. The zero-order valence-electron chi connectivity index (χ0n) is 12.7. The van der Waals surface area contributed by atoms with E-state index in [4.69, 9.17) is 15.2 Å². The third kappa shape index (κ3) is 4.33. The van der Waals surface area contributed by atoms with Gasteiger partial charge in [0, 0.05) is 25.2 Å². The van der Waals surface area contributed by atoms with Gasteiger partial charge in [-0.25, -0.2) is 4.79 Å². The van der Waals surface area contributed by atoms with Crippen LogP contribution in [0.15, 0.2) is 0 Å². The van der Waals surface area contributed by atoms with Crippen molar-refractivity contribution < 1.29 is 14.3 Å². The molecule has 1 saturated heterocycles. The quantitative estimate of drug-likeness (QED) is 0.798. The molecule has 0 bridgehead atoms. The summed E-state index contributed by atoms with van der Waals surface area (Å²) in [5.74, 6) is 0. The number of hydrogen-bond acceptors (Lipinski definition) is 5. The molecule has 0 aromatic heterocycles. The molecular weight excluding hydrogens is 258 g/mol. The highest BCUT2D eigenvalue weighted by molar-refractivity contribution is 5.68. The fourth-order valence-corrected chi connectivity index (χ4v) is 2.52. The van der Waals surface area contributed by atoms with Gasteiger partial charge in [0.05, 0.1) is 19.3 Å². The second-order valence-electron chi connectivity index (χ2n) is 6.74. The third-order valence-electron chi connectivity index (χ3n) is 3.67. The van der Waals surface area contributed by atoms with E-state index in [1.807, 2.05) is 20.8 Å². The number of nitrogens with two attached hydrogens (primary N) is 1. The Bertz CT molecular complexity index is 337. The molecule has 1 unspecified atom stereocenters. The molecule has 2 aliphatic rings. The van der Waals surface area contributed by atoms with Crippen LogP contribution in [0.2, 0.25) is 0 Å². The lowest BCUT2D eigenvalue weighted by Crippen LogP contribution is -2.57. The molecule has 0 radical (unpaired) electrons. The number of nitrogens with zero attached hydrogens (tertiary/aromatic N) is 1. The van der Waals surface area contributed by atoms with Crippen molar-refractivity contribution in [1.82, 2.24) is 10.2 Å². The van der Waals surface area contributed by atoms with Crippen LogP contribution in [0.25, 0.3) is 0 Å². The van der Waals surface area contributed by atoms with E-state index in [1.54, 1.807) is 4.90 Å². The van der Waals surface area contributed by atoms with Crippen LogP contribution in [0, 0.1) is 0 Å². The first-order chi connectivity index (χ1) is 9.35. The van der Waals surface area contributed by atoms with Crippen molar-refractivity contribution in [3.63, 3.8) is 0 Å². The molecule has 1 amide bonds. The Morgan fingerprint density at radius 2 is 2.15 bits per heavy atom. The minimum absolute atomic E-state index is 0.0374. The third-order valence-corrected chi connectivity index (χ3v) is 3.67. The van der Waals surface area contributed by atoms with Crippen LogP contribution in [0.1, 0.15) is 33.6 Å². The first kappa shape index (κ1) is 15.5. The predicted molar refractivity (Wildman–Crippen MR) is 76.5 cm³/mol. The Kier molecular flexibility index (Phi) is 4.88. The maximum Gasteiger partial charge on any atom is 0.410 e. The normalized spacial score (nSPS) is 30.8. The van der Waals surface area contributed by atoms with Crippen LogP contribution in [0.4, 0.5) is 4.79 Å². The molecule has 1 aliphatic heterocycles. The average molecular weight is 285 g/mol. The summed E-state index contributed by atoms with van der Waals surface area (Å²) in [7, 11) is 0. The number of amides is 1. The fraction of sp³-hybridized carbons (Fsp3) is 0.929. The number of carbonyl (C=O) groups is 1. The lowest BCUT2D eigenvalue weighted by atomic mass is 9.87. The highest BCUT2D eigenvalue weighted by atomic mass is 16.6. The van der Waals surface area contributed by atoms with Crippen molar-refractivity contribution in [2.45, 2.75) is 57.3 Å². The smallest absolute Gasteiger partial charge is 0.410 e. The summed E-state index contributed by atoms with van der Waals surface area (Å²) in [6.07, 6.45) is 1.78. The molecule has 0 spiro atoms. The monoisotopic (exact) mass is 285 g/mol. The topological polar surface area (TPSA) is 76.8 Å². The molecule has 20 heavy (non-hydrogen) atoms. The molecule has 1 aliphatic carbocycles. The molecule has 1 saturated carbocycles. The summed E-state index contributed by atoms with van der Waals surface area (Å²) < 4.78 is 10.9. The summed E-state index contributed by atoms with van der Waals surface area (Å²) in [5.41, 5.74) is 5.31. The molecule has 2 fully saturated rings. The van der Waals surface area contributed by atoms with Gasteiger partial charge in [0.1, 0.15) is 5.60 Å². The molecular formula is C14H27N3O3. The second kappa shape index (κ2) is 6.28. The van der Waals surface area contributed by atoms with Gasteiger partial charge in [-0.3, -0.25) is 4.90 Å². The number of ether oxygens (including phenoxy) is 2. The van der Waals surface area contributed by atoms with Crippen LogP contribution in [0.5, 0.6) is 0 Å².